The van der Waals surface area contributed by atoms with Crippen LogP contribution in [0.4, 0.5) is 0 Å². The maximum absolute atomic E-state index is 12.0. The molecule has 0 radical (unpaired) electrons. The molecule has 104 valence electrons. The predicted molar refractivity (Wildman–Crippen MR) is 75.4 cm³/mol. The molecule has 3 nitrogen and oxygen atoms in total. The molecule has 0 N–H and O–H groups in total. The Morgan fingerprint density at radius 2 is 1.58 bits per heavy atom. The van der Waals surface area contributed by atoms with Crippen molar-refractivity contribution in [3.63, 3.8) is 0 Å². The number of carbonyl (C=O) groups excluding carboxylic acids is 2. The van der Waals surface area contributed by atoms with Crippen molar-refractivity contribution in [3.8, 4) is 0 Å². The minimum Gasteiger partial charge on any atom is -0.462 e. The van der Waals surface area contributed by atoms with E-state index in [2.05, 4.69) is 20.8 Å². The van der Waals surface area contributed by atoms with E-state index < -0.39 is 0 Å². The minimum atomic E-state index is -0.351. The van der Waals surface area contributed by atoms with Crippen molar-refractivity contribution in [2.45, 2.75) is 40.5 Å². The highest BCUT2D eigenvalue weighted by Gasteiger charge is 2.14. The van der Waals surface area contributed by atoms with Crippen LogP contribution in [0.25, 0.3) is 0 Å². The first-order valence-electron chi connectivity index (χ1n) is 6.64. The third-order valence-corrected chi connectivity index (χ3v) is 2.82. The molecule has 0 atom stereocenters. The second kappa shape index (κ2) is 6.50. The van der Waals surface area contributed by atoms with Gasteiger partial charge in [-0.25, -0.2) is 4.79 Å². The van der Waals surface area contributed by atoms with E-state index in [1.165, 1.54) is 0 Å². The molecule has 0 aromatic heterocycles. The molecule has 1 rings (SSSR count). The average Bonchev–Trinajstić information content (AvgIpc) is 2.35. The Balaban J connectivity index is 2.66. The van der Waals surface area contributed by atoms with Crippen LogP contribution in [0.3, 0.4) is 0 Å². The first-order valence-corrected chi connectivity index (χ1v) is 6.64. The summed E-state index contributed by atoms with van der Waals surface area (Å²) in [5.41, 5.74) is 1.28. The SMILES string of the molecule is CCOC(=O)c1ccc(C(=O)CCC(C)(C)C)cc1. The van der Waals surface area contributed by atoms with Crippen LogP contribution in [0.1, 0.15) is 61.3 Å². The zero-order valence-electron chi connectivity index (χ0n) is 12.2. The monoisotopic (exact) mass is 262 g/mol. The van der Waals surface area contributed by atoms with Crippen LogP contribution in [-0.2, 0) is 4.74 Å². The van der Waals surface area contributed by atoms with E-state index in [0.29, 0.717) is 24.2 Å². The zero-order chi connectivity index (χ0) is 14.5. The summed E-state index contributed by atoms with van der Waals surface area (Å²) >= 11 is 0. The first kappa shape index (κ1) is 15.4. The third kappa shape index (κ3) is 5.25. The molecule has 19 heavy (non-hydrogen) atoms. The van der Waals surface area contributed by atoms with Crippen molar-refractivity contribution in [3.05, 3.63) is 35.4 Å². The molecule has 0 unspecified atom stereocenters. The Kier molecular flexibility index (Phi) is 5.28. The van der Waals surface area contributed by atoms with E-state index >= 15 is 0 Å². The van der Waals surface area contributed by atoms with Crippen LogP contribution in [0.5, 0.6) is 0 Å². The summed E-state index contributed by atoms with van der Waals surface area (Å²) in [6.45, 7) is 8.46. The highest BCUT2D eigenvalue weighted by Crippen LogP contribution is 2.22. The summed E-state index contributed by atoms with van der Waals surface area (Å²) in [5, 5.41) is 0. The summed E-state index contributed by atoms with van der Waals surface area (Å²) in [6, 6.07) is 6.67. The number of ether oxygens (including phenoxy) is 1. The van der Waals surface area contributed by atoms with Gasteiger partial charge in [-0.3, -0.25) is 4.79 Å². The summed E-state index contributed by atoms with van der Waals surface area (Å²) in [4.78, 5) is 23.5. The number of rotatable bonds is 5. The molecule has 0 saturated carbocycles. The molecule has 1 aromatic carbocycles. The summed E-state index contributed by atoms with van der Waals surface area (Å²) in [5.74, 6) is -0.235. The van der Waals surface area contributed by atoms with Crippen molar-refractivity contribution in [1.29, 1.82) is 0 Å². The van der Waals surface area contributed by atoms with Crippen molar-refractivity contribution in [2.75, 3.05) is 6.61 Å². The second-order valence-corrected chi connectivity index (χ2v) is 5.78. The second-order valence-electron chi connectivity index (χ2n) is 5.78. The van der Waals surface area contributed by atoms with Crippen LogP contribution >= 0.6 is 0 Å². The molecule has 1 aromatic rings. The molecule has 0 fully saturated rings. The quantitative estimate of drug-likeness (QED) is 0.597. The van der Waals surface area contributed by atoms with E-state index in [9.17, 15) is 9.59 Å². The number of hydrogen-bond donors (Lipinski definition) is 0. The van der Waals surface area contributed by atoms with Crippen LogP contribution in [0, 0.1) is 5.41 Å². The van der Waals surface area contributed by atoms with Gasteiger partial charge < -0.3 is 4.74 Å². The van der Waals surface area contributed by atoms with Crippen LogP contribution in [0.15, 0.2) is 24.3 Å². The normalized spacial score (nSPS) is 11.2. The molecule has 0 spiro atoms. The van der Waals surface area contributed by atoms with Gasteiger partial charge in [0, 0.05) is 12.0 Å². The summed E-state index contributed by atoms with van der Waals surface area (Å²) < 4.78 is 4.90. The molecule has 0 aliphatic carbocycles. The molecule has 0 saturated heterocycles. The van der Waals surface area contributed by atoms with Gasteiger partial charge in [-0.15, -0.1) is 0 Å². The molecule has 0 bridgehead atoms. The Bertz CT molecular complexity index is 438. The Hall–Kier alpha value is -1.64. The number of hydrogen-bond acceptors (Lipinski definition) is 3. The maximum atomic E-state index is 12.0. The lowest BCUT2D eigenvalue weighted by molar-refractivity contribution is 0.0526. The van der Waals surface area contributed by atoms with Crippen LogP contribution in [-0.4, -0.2) is 18.4 Å². The van der Waals surface area contributed by atoms with Gasteiger partial charge in [-0.1, -0.05) is 32.9 Å². The van der Waals surface area contributed by atoms with Gasteiger partial charge in [0.15, 0.2) is 5.78 Å². The van der Waals surface area contributed by atoms with Crippen LogP contribution in [0.2, 0.25) is 0 Å². The van der Waals surface area contributed by atoms with Gasteiger partial charge in [0.05, 0.1) is 12.2 Å². The average molecular weight is 262 g/mol. The topological polar surface area (TPSA) is 43.4 Å². The lowest BCUT2D eigenvalue weighted by Gasteiger charge is -2.17. The Labute approximate surface area is 115 Å². The van der Waals surface area contributed by atoms with Gasteiger partial charge in [-0.2, -0.15) is 0 Å². The molecule has 0 aliphatic heterocycles. The van der Waals surface area contributed by atoms with Gasteiger partial charge in [-0.05, 0) is 30.9 Å². The fourth-order valence-corrected chi connectivity index (χ4v) is 1.64. The van der Waals surface area contributed by atoms with Gasteiger partial charge in [0.1, 0.15) is 0 Å². The smallest absolute Gasteiger partial charge is 0.338 e. The highest BCUT2D eigenvalue weighted by molar-refractivity contribution is 5.97. The molecule has 3 heteroatoms. The number of benzene rings is 1. The summed E-state index contributed by atoms with van der Waals surface area (Å²) in [7, 11) is 0. The number of esters is 1. The van der Waals surface area contributed by atoms with Crippen molar-refractivity contribution in [1.82, 2.24) is 0 Å². The zero-order valence-corrected chi connectivity index (χ0v) is 12.2. The van der Waals surface area contributed by atoms with Crippen molar-refractivity contribution < 1.29 is 14.3 Å². The number of ketones is 1. The molecular weight excluding hydrogens is 240 g/mol. The molecule has 0 aliphatic rings. The Morgan fingerprint density at radius 3 is 2.05 bits per heavy atom. The van der Waals surface area contributed by atoms with Gasteiger partial charge in [0.25, 0.3) is 0 Å². The fraction of sp³-hybridized carbons (Fsp3) is 0.500. The number of carbonyl (C=O) groups is 2. The minimum absolute atomic E-state index is 0.116. The predicted octanol–water partition coefficient (Wildman–Crippen LogP) is 3.87. The Morgan fingerprint density at radius 1 is 1.05 bits per heavy atom. The van der Waals surface area contributed by atoms with E-state index in [-0.39, 0.29) is 17.2 Å². The van der Waals surface area contributed by atoms with E-state index in [1.807, 2.05) is 0 Å². The van der Waals surface area contributed by atoms with Gasteiger partial charge >= 0.3 is 5.97 Å². The molecule has 0 heterocycles. The largest absolute Gasteiger partial charge is 0.462 e. The highest BCUT2D eigenvalue weighted by atomic mass is 16.5. The lowest BCUT2D eigenvalue weighted by Crippen LogP contribution is -2.09. The van der Waals surface area contributed by atoms with Crippen molar-refractivity contribution >= 4 is 11.8 Å². The van der Waals surface area contributed by atoms with E-state index in [0.717, 1.165) is 6.42 Å². The number of Topliss-reactive ketones (excluding diaryl/α,β-unsaturated/α-hetero) is 1. The molecule has 0 amide bonds. The van der Waals surface area contributed by atoms with Crippen LogP contribution < -0.4 is 0 Å². The standard InChI is InChI=1S/C16H22O3/c1-5-19-15(18)13-8-6-12(7-9-13)14(17)10-11-16(2,3)4/h6-9H,5,10-11H2,1-4H3. The fourth-order valence-electron chi connectivity index (χ4n) is 1.64. The van der Waals surface area contributed by atoms with E-state index in [1.54, 1.807) is 31.2 Å². The van der Waals surface area contributed by atoms with E-state index in [4.69, 9.17) is 4.74 Å². The van der Waals surface area contributed by atoms with Crippen molar-refractivity contribution in [2.24, 2.45) is 5.41 Å². The van der Waals surface area contributed by atoms with Gasteiger partial charge in [0.2, 0.25) is 0 Å². The molecular formula is C16H22O3. The maximum Gasteiger partial charge on any atom is 0.338 e. The first-order chi connectivity index (χ1) is 8.83. The lowest BCUT2D eigenvalue weighted by atomic mass is 9.88. The summed E-state index contributed by atoms with van der Waals surface area (Å²) in [6.07, 6.45) is 1.38. The third-order valence-electron chi connectivity index (χ3n) is 2.82.